The highest BCUT2D eigenvalue weighted by Gasteiger charge is 2.57. The lowest BCUT2D eigenvalue weighted by atomic mass is 9.46. The van der Waals surface area contributed by atoms with Crippen LogP contribution in [0.4, 0.5) is 0 Å². The summed E-state index contributed by atoms with van der Waals surface area (Å²) in [4.78, 5) is 11.5. The molecule has 17 heavy (non-hydrogen) atoms. The Balaban J connectivity index is 2.40. The van der Waals surface area contributed by atoms with Gasteiger partial charge in [-0.1, -0.05) is 27.2 Å². The summed E-state index contributed by atoms with van der Waals surface area (Å²) >= 11 is 0. The van der Waals surface area contributed by atoms with Crippen LogP contribution in [0.1, 0.15) is 59.8 Å². The van der Waals surface area contributed by atoms with Crippen molar-refractivity contribution in [1.82, 2.24) is 0 Å². The Labute approximate surface area is 105 Å². The maximum atomic E-state index is 11.5. The van der Waals surface area contributed by atoms with Crippen molar-refractivity contribution in [2.24, 2.45) is 22.7 Å². The highest BCUT2D eigenvalue weighted by Crippen LogP contribution is 2.61. The van der Waals surface area contributed by atoms with Crippen molar-refractivity contribution in [2.45, 2.75) is 65.4 Å². The van der Waals surface area contributed by atoms with Gasteiger partial charge in [-0.15, -0.1) is 0 Å². The fraction of sp³-hybridized carbons (Fsp3) is 0.933. The molecule has 0 aromatic rings. The Morgan fingerprint density at radius 2 is 1.76 bits per heavy atom. The van der Waals surface area contributed by atoms with Crippen LogP contribution in [0.3, 0.4) is 0 Å². The van der Waals surface area contributed by atoms with E-state index in [0.29, 0.717) is 11.3 Å². The van der Waals surface area contributed by atoms with Crippen molar-refractivity contribution in [1.29, 1.82) is 0 Å². The Kier molecular flexibility index (Phi) is 2.93. The number of aldehydes is 1. The van der Waals surface area contributed by atoms with Gasteiger partial charge in [0.1, 0.15) is 6.29 Å². The minimum atomic E-state index is -0.805. The highest BCUT2D eigenvalue weighted by atomic mass is 16.3. The fourth-order valence-corrected chi connectivity index (χ4v) is 4.86. The van der Waals surface area contributed by atoms with Crippen LogP contribution < -0.4 is 0 Å². The van der Waals surface area contributed by atoms with Crippen LogP contribution in [-0.4, -0.2) is 17.0 Å². The van der Waals surface area contributed by atoms with Gasteiger partial charge in [-0.05, 0) is 49.4 Å². The molecule has 2 aliphatic rings. The van der Waals surface area contributed by atoms with Crippen LogP contribution in [-0.2, 0) is 4.79 Å². The Bertz CT molecular complexity index is 319. The molecule has 2 rings (SSSR count). The zero-order valence-corrected chi connectivity index (χ0v) is 11.6. The van der Waals surface area contributed by atoms with Gasteiger partial charge in [0.15, 0.2) is 0 Å². The van der Waals surface area contributed by atoms with Crippen molar-refractivity contribution in [3.63, 3.8) is 0 Å². The summed E-state index contributed by atoms with van der Waals surface area (Å²) in [7, 11) is 0. The number of aliphatic hydroxyl groups is 1. The molecular weight excluding hydrogens is 212 g/mol. The van der Waals surface area contributed by atoms with E-state index in [-0.39, 0.29) is 11.3 Å². The zero-order valence-electron chi connectivity index (χ0n) is 11.6. The van der Waals surface area contributed by atoms with Crippen LogP contribution >= 0.6 is 0 Å². The second kappa shape index (κ2) is 3.81. The Hall–Kier alpha value is -0.370. The molecule has 2 aliphatic carbocycles. The summed E-state index contributed by atoms with van der Waals surface area (Å²) in [6, 6.07) is 0. The first-order valence-electron chi connectivity index (χ1n) is 6.92. The average molecular weight is 238 g/mol. The smallest absolute Gasteiger partial charge is 0.126 e. The molecule has 0 spiro atoms. The largest absolute Gasteiger partial charge is 0.389 e. The zero-order chi connectivity index (χ0) is 12.9. The van der Waals surface area contributed by atoms with E-state index in [4.69, 9.17) is 0 Å². The van der Waals surface area contributed by atoms with Crippen molar-refractivity contribution in [2.75, 3.05) is 0 Å². The van der Waals surface area contributed by atoms with E-state index in [2.05, 4.69) is 20.8 Å². The molecule has 2 fully saturated rings. The molecule has 0 saturated heterocycles. The molecule has 1 N–H and O–H groups in total. The molecule has 0 aromatic carbocycles. The molecule has 0 aliphatic heterocycles. The average Bonchev–Trinajstić information content (AvgIpc) is 2.14. The molecule has 0 radical (unpaired) electrons. The first-order valence-corrected chi connectivity index (χ1v) is 6.92. The van der Waals surface area contributed by atoms with Gasteiger partial charge in [-0.2, -0.15) is 0 Å². The maximum absolute atomic E-state index is 11.5. The van der Waals surface area contributed by atoms with E-state index in [1.54, 1.807) is 0 Å². The molecule has 2 heteroatoms. The molecule has 0 amide bonds. The molecule has 2 saturated carbocycles. The van der Waals surface area contributed by atoms with E-state index in [1.807, 2.05) is 6.92 Å². The first-order chi connectivity index (χ1) is 7.74. The second-order valence-electron chi connectivity index (χ2n) is 7.41. The molecule has 0 bridgehead atoms. The van der Waals surface area contributed by atoms with Crippen molar-refractivity contribution >= 4 is 6.29 Å². The van der Waals surface area contributed by atoms with Gasteiger partial charge in [0.25, 0.3) is 0 Å². The normalized spacial score (nSPS) is 49.5. The van der Waals surface area contributed by atoms with E-state index in [0.717, 1.165) is 25.5 Å². The minimum Gasteiger partial charge on any atom is -0.389 e. The summed E-state index contributed by atoms with van der Waals surface area (Å²) in [5.74, 6) is 0.368. The summed E-state index contributed by atoms with van der Waals surface area (Å²) < 4.78 is 0. The van der Waals surface area contributed by atoms with Gasteiger partial charge >= 0.3 is 0 Å². The predicted octanol–water partition coefficient (Wildman–Crippen LogP) is 3.18. The third kappa shape index (κ3) is 1.85. The van der Waals surface area contributed by atoms with Crippen LogP contribution in [0.25, 0.3) is 0 Å². The number of hydrogen-bond donors (Lipinski definition) is 1. The molecule has 0 heterocycles. The Morgan fingerprint density at radius 1 is 1.12 bits per heavy atom. The number of rotatable bonds is 1. The van der Waals surface area contributed by atoms with Gasteiger partial charge in [-0.25, -0.2) is 0 Å². The fourth-order valence-electron chi connectivity index (χ4n) is 4.86. The first kappa shape index (κ1) is 13.1. The van der Waals surface area contributed by atoms with E-state index < -0.39 is 5.60 Å². The number of carbonyl (C=O) groups is 1. The topological polar surface area (TPSA) is 37.3 Å². The SMILES string of the molecule is CC1(C)CCC[C@]2(C)C(C=O)[C@](C)(O)CC[C@@H]12. The lowest BCUT2D eigenvalue weighted by molar-refractivity contribution is -0.169. The third-order valence-electron chi connectivity index (χ3n) is 5.73. The van der Waals surface area contributed by atoms with Crippen LogP contribution in [0, 0.1) is 22.7 Å². The maximum Gasteiger partial charge on any atom is 0.126 e. The van der Waals surface area contributed by atoms with Crippen molar-refractivity contribution in [3.05, 3.63) is 0 Å². The standard InChI is InChI=1S/C15H26O2/c1-13(2)7-5-8-14(3)11(13)6-9-15(4,17)12(14)10-16/h10-12,17H,5-9H2,1-4H3/t11-,12?,14-,15+/m0/s1. The van der Waals surface area contributed by atoms with Gasteiger partial charge in [0.05, 0.1) is 5.60 Å². The Morgan fingerprint density at radius 3 is 2.35 bits per heavy atom. The van der Waals surface area contributed by atoms with Crippen LogP contribution in [0.15, 0.2) is 0 Å². The quantitative estimate of drug-likeness (QED) is 0.712. The molecule has 1 unspecified atom stereocenters. The highest BCUT2D eigenvalue weighted by molar-refractivity contribution is 5.58. The van der Waals surface area contributed by atoms with E-state index in [1.165, 1.54) is 12.8 Å². The molecular formula is C15H26O2. The summed E-state index contributed by atoms with van der Waals surface area (Å²) in [5, 5.41) is 10.5. The molecule has 2 nitrogen and oxygen atoms in total. The van der Waals surface area contributed by atoms with Gasteiger partial charge in [0, 0.05) is 5.92 Å². The summed E-state index contributed by atoms with van der Waals surface area (Å²) in [6.07, 6.45) is 6.36. The minimum absolute atomic E-state index is 0.00868. The molecule has 4 atom stereocenters. The van der Waals surface area contributed by atoms with Crippen LogP contribution in [0.2, 0.25) is 0 Å². The van der Waals surface area contributed by atoms with Gasteiger partial charge in [-0.3, -0.25) is 0 Å². The number of hydrogen-bond acceptors (Lipinski definition) is 2. The molecule has 0 aromatic heterocycles. The molecule has 98 valence electrons. The van der Waals surface area contributed by atoms with Crippen molar-refractivity contribution < 1.29 is 9.90 Å². The number of fused-ring (bicyclic) bond motifs is 1. The lowest BCUT2D eigenvalue weighted by Crippen LogP contribution is -2.58. The second-order valence-corrected chi connectivity index (χ2v) is 7.41. The van der Waals surface area contributed by atoms with Gasteiger partial charge in [0.2, 0.25) is 0 Å². The van der Waals surface area contributed by atoms with Gasteiger partial charge < -0.3 is 9.90 Å². The van der Waals surface area contributed by atoms with Crippen LogP contribution in [0.5, 0.6) is 0 Å². The predicted molar refractivity (Wildman–Crippen MR) is 68.6 cm³/mol. The third-order valence-corrected chi connectivity index (χ3v) is 5.73. The monoisotopic (exact) mass is 238 g/mol. The van der Waals surface area contributed by atoms with E-state index >= 15 is 0 Å². The summed E-state index contributed by atoms with van der Waals surface area (Å²) in [5.41, 5.74) is -0.504. The number of carbonyl (C=O) groups excluding carboxylic acids is 1. The lowest BCUT2D eigenvalue weighted by Gasteiger charge is -2.59. The van der Waals surface area contributed by atoms with E-state index in [9.17, 15) is 9.90 Å². The summed E-state index contributed by atoms with van der Waals surface area (Å²) in [6.45, 7) is 8.73. The van der Waals surface area contributed by atoms with Crippen molar-refractivity contribution in [3.8, 4) is 0 Å².